The SMILES string of the molecule is O=C1S/C(=C\c2ccc(OCc3ccc(Cl)cc3)c(Cl)c2)C(=O)N1CCOc1ccccc1Cl. The van der Waals surface area contributed by atoms with Gasteiger partial charge in [-0.2, -0.15) is 0 Å². The summed E-state index contributed by atoms with van der Waals surface area (Å²) in [4.78, 5) is 26.5. The summed E-state index contributed by atoms with van der Waals surface area (Å²) in [7, 11) is 0. The van der Waals surface area contributed by atoms with Crippen LogP contribution in [0, 0.1) is 0 Å². The number of carbonyl (C=O) groups is 2. The van der Waals surface area contributed by atoms with Crippen molar-refractivity contribution in [3.8, 4) is 11.5 Å². The molecule has 0 aliphatic carbocycles. The van der Waals surface area contributed by atoms with Gasteiger partial charge in [0, 0.05) is 5.02 Å². The van der Waals surface area contributed by atoms with Crippen LogP contribution in [0.15, 0.2) is 71.6 Å². The number of benzene rings is 3. The molecule has 1 saturated heterocycles. The molecule has 3 aromatic carbocycles. The van der Waals surface area contributed by atoms with Gasteiger partial charge < -0.3 is 9.47 Å². The second-order valence-electron chi connectivity index (χ2n) is 7.22. The van der Waals surface area contributed by atoms with Gasteiger partial charge in [0.2, 0.25) is 0 Å². The maximum Gasteiger partial charge on any atom is 0.293 e. The molecule has 9 heteroatoms. The highest BCUT2D eigenvalue weighted by Crippen LogP contribution is 2.34. The van der Waals surface area contributed by atoms with Crippen LogP contribution in [-0.2, 0) is 11.4 Å². The van der Waals surface area contributed by atoms with Crippen LogP contribution >= 0.6 is 46.6 Å². The molecular weight excluding hydrogens is 517 g/mol. The van der Waals surface area contributed by atoms with Gasteiger partial charge in [0.25, 0.3) is 11.1 Å². The monoisotopic (exact) mass is 533 g/mol. The summed E-state index contributed by atoms with van der Waals surface area (Å²) in [5, 5.41) is 1.17. The summed E-state index contributed by atoms with van der Waals surface area (Å²) >= 11 is 19.2. The maximum atomic E-state index is 12.7. The molecule has 0 spiro atoms. The van der Waals surface area contributed by atoms with Crippen LogP contribution in [0.5, 0.6) is 11.5 Å². The number of amides is 2. The third kappa shape index (κ3) is 6.07. The number of carbonyl (C=O) groups excluding carboxylic acids is 2. The highest BCUT2D eigenvalue weighted by atomic mass is 35.5. The fraction of sp³-hybridized carbons (Fsp3) is 0.120. The van der Waals surface area contributed by atoms with Gasteiger partial charge in [0.15, 0.2) is 0 Å². The molecule has 3 aromatic rings. The van der Waals surface area contributed by atoms with E-state index in [9.17, 15) is 9.59 Å². The summed E-state index contributed by atoms with van der Waals surface area (Å²) in [5.74, 6) is 0.634. The fourth-order valence-corrected chi connectivity index (χ4v) is 4.54. The Bertz CT molecular complexity index is 1250. The van der Waals surface area contributed by atoms with Crippen molar-refractivity contribution in [2.24, 2.45) is 0 Å². The van der Waals surface area contributed by atoms with Gasteiger partial charge in [-0.25, -0.2) is 0 Å². The highest BCUT2D eigenvalue weighted by molar-refractivity contribution is 8.18. The van der Waals surface area contributed by atoms with E-state index in [1.165, 1.54) is 0 Å². The number of imide groups is 1. The van der Waals surface area contributed by atoms with Crippen molar-refractivity contribution in [1.82, 2.24) is 4.90 Å². The van der Waals surface area contributed by atoms with E-state index in [0.717, 1.165) is 22.2 Å². The first-order chi connectivity index (χ1) is 16.4. The van der Waals surface area contributed by atoms with Gasteiger partial charge in [0.1, 0.15) is 24.7 Å². The molecule has 2 amide bonds. The molecular formula is C25H18Cl3NO4S. The van der Waals surface area contributed by atoms with E-state index in [1.54, 1.807) is 60.7 Å². The minimum absolute atomic E-state index is 0.117. The number of nitrogens with zero attached hydrogens (tertiary/aromatic N) is 1. The van der Waals surface area contributed by atoms with E-state index in [-0.39, 0.29) is 24.3 Å². The zero-order valence-corrected chi connectivity index (χ0v) is 20.8. The lowest BCUT2D eigenvalue weighted by Crippen LogP contribution is -2.32. The molecule has 1 heterocycles. The van der Waals surface area contributed by atoms with E-state index >= 15 is 0 Å². The van der Waals surface area contributed by atoms with E-state index in [2.05, 4.69) is 0 Å². The molecule has 0 N–H and O–H groups in total. The zero-order valence-electron chi connectivity index (χ0n) is 17.7. The van der Waals surface area contributed by atoms with Crippen molar-refractivity contribution < 1.29 is 19.1 Å². The van der Waals surface area contributed by atoms with Crippen LogP contribution in [0.4, 0.5) is 4.79 Å². The van der Waals surface area contributed by atoms with Crippen molar-refractivity contribution in [2.45, 2.75) is 6.61 Å². The molecule has 1 fully saturated rings. The molecule has 0 bridgehead atoms. The van der Waals surface area contributed by atoms with Crippen LogP contribution in [0.1, 0.15) is 11.1 Å². The van der Waals surface area contributed by atoms with Crippen LogP contribution in [0.2, 0.25) is 15.1 Å². The number of hydrogen-bond donors (Lipinski definition) is 0. The van der Waals surface area contributed by atoms with Gasteiger partial charge in [-0.15, -0.1) is 0 Å². The predicted octanol–water partition coefficient (Wildman–Crippen LogP) is 7.34. The molecule has 1 aliphatic rings. The van der Waals surface area contributed by atoms with Crippen molar-refractivity contribution >= 4 is 63.8 Å². The van der Waals surface area contributed by atoms with Gasteiger partial charge in [-0.1, -0.05) is 65.1 Å². The normalized spacial score (nSPS) is 14.7. The Balaban J connectivity index is 1.36. The fourth-order valence-electron chi connectivity index (χ4n) is 3.12. The molecule has 0 atom stereocenters. The van der Waals surface area contributed by atoms with E-state index in [0.29, 0.717) is 43.6 Å². The van der Waals surface area contributed by atoms with E-state index in [1.807, 2.05) is 12.1 Å². The summed E-state index contributed by atoms with van der Waals surface area (Å²) in [6.45, 7) is 0.595. The lowest BCUT2D eigenvalue weighted by molar-refractivity contribution is -0.123. The average molecular weight is 535 g/mol. The van der Waals surface area contributed by atoms with E-state index < -0.39 is 0 Å². The summed E-state index contributed by atoms with van der Waals surface area (Å²) in [6.07, 6.45) is 1.63. The molecule has 0 saturated carbocycles. The Labute approximate surface area is 216 Å². The average Bonchev–Trinajstić information content (AvgIpc) is 3.08. The first kappa shape index (κ1) is 24.5. The first-order valence-electron chi connectivity index (χ1n) is 10.2. The minimum Gasteiger partial charge on any atom is -0.490 e. The Morgan fingerprint density at radius 1 is 0.853 bits per heavy atom. The number of halogens is 3. The number of thioether (sulfide) groups is 1. The number of para-hydroxylation sites is 1. The second-order valence-corrected chi connectivity index (χ2v) is 9.46. The summed E-state index contributed by atoms with van der Waals surface area (Å²) in [6, 6.07) is 19.5. The number of hydrogen-bond acceptors (Lipinski definition) is 5. The van der Waals surface area contributed by atoms with Crippen LogP contribution in [0.3, 0.4) is 0 Å². The zero-order chi connectivity index (χ0) is 24.1. The quantitative estimate of drug-likeness (QED) is 0.283. The third-order valence-corrected chi connectivity index (χ3v) is 6.61. The molecule has 5 nitrogen and oxygen atoms in total. The molecule has 0 unspecified atom stereocenters. The van der Waals surface area contributed by atoms with Crippen molar-refractivity contribution in [3.63, 3.8) is 0 Å². The summed E-state index contributed by atoms with van der Waals surface area (Å²) in [5.41, 5.74) is 1.64. The lowest BCUT2D eigenvalue weighted by Gasteiger charge is -2.13. The van der Waals surface area contributed by atoms with Gasteiger partial charge in [0.05, 0.1) is 21.5 Å². The molecule has 174 valence electrons. The topological polar surface area (TPSA) is 55.8 Å². The second kappa shape index (κ2) is 11.2. The van der Waals surface area contributed by atoms with Gasteiger partial charge in [-0.05, 0) is 65.4 Å². The van der Waals surface area contributed by atoms with Crippen molar-refractivity contribution in [1.29, 1.82) is 0 Å². The van der Waals surface area contributed by atoms with Crippen molar-refractivity contribution in [2.75, 3.05) is 13.2 Å². The Hall–Kier alpha value is -2.64. The van der Waals surface area contributed by atoms with Gasteiger partial charge >= 0.3 is 0 Å². The standard InChI is InChI=1S/C25H18Cl3NO4S/c26-18-8-5-16(6-9-18)15-33-22-10-7-17(13-20(22)28)14-23-24(30)29(25(31)34-23)11-12-32-21-4-2-1-3-19(21)27/h1-10,13-14H,11-12,15H2/b23-14-. The Kier molecular flexibility index (Phi) is 8.06. The van der Waals surface area contributed by atoms with Crippen molar-refractivity contribution in [3.05, 3.63) is 97.8 Å². The summed E-state index contributed by atoms with van der Waals surface area (Å²) < 4.78 is 11.4. The lowest BCUT2D eigenvalue weighted by atomic mass is 10.2. The molecule has 0 radical (unpaired) electrons. The largest absolute Gasteiger partial charge is 0.490 e. The molecule has 4 rings (SSSR count). The predicted molar refractivity (Wildman–Crippen MR) is 137 cm³/mol. The number of ether oxygens (including phenoxy) is 2. The minimum atomic E-state index is -0.378. The Morgan fingerprint density at radius 3 is 2.32 bits per heavy atom. The van der Waals surface area contributed by atoms with Crippen LogP contribution < -0.4 is 9.47 Å². The number of rotatable bonds is 8. The van der Waals surface area contributed by atoms with Crippen LogP contribution in [-0.4, -0.2) is 29.2 Å². The maximum absolute atomic E-state index is 12.7. The van der Waals surface area contributed by atoms with E-state index in [4.69, 9.17) is 44.3 Å². The smallest absolute Gasteiger partial charge is 0.293 e. The molecule has 34 heavy (non-hydrogen) atoms. The highest BCUT2D eigenvalue weighted by Gasteiger charge is 2.34. The Morgan fingerprint density at radius 2 is 1.59 bits per heavy atom. The first-order valence-corrected chi connectivity index (χ1v) is 12.2. The van der Waals surface area contributed by atoms with Gasteiger partial charge in [-0.3, -0.25) is 14.5 Å². The van der Waals surface area contributed by atoms with Crippen LogP contribution in [0.25, 0.3) is 6.08 Å². The third-order valence-electron chi connectivity index (χ3n) is 4.84. The molecule has 1 aliphatic heterocycles. The molecule has 0 aromatic heterocycles.